The van der Waals surface area contributed by atoms with Crippen LogP contribution in [0.5, 0.6) is 0 Å². The van der Waals surface area contributed by atoms with Crippen LogP contribution >= 0.6 is 0 Å². The van der Waals surface area contributed by atoms with Crippen LogP contribution < -0.4 is 4.72 Å². The Labute approximate surface area is 89.4 Å². The van der Waals surface area contributed by atoms with Gasteiger partial charge in [-0.05, 0) is 12.5 Å². The molecule has 1 aromatic rings. The first kappa shape index (κ1) is 12.1. The summed E-state index contributed by atoms with van der Waals surface area (Å²) in [4.78, 5) is 0. The molecule has 0 aliphatic rings. The fourth-order valence-electron chi connectivity index (χ4n) is 1.17. The van der Waals surface area contributed by atoms with Crippen molar-refractivity contribution in [1.82, 2.24) is 4.72 Å². The molecule has 0 atom stereocenters. The van der Waals surface area contributed by atoms with Crippen molar-refractivity contribution in [3.63, 3.8) is 0 Å². The SMILES string of the molecule is CCCS(=O)(=O)NCc1ccccc1F. The van der Waals surface area contributed by atoms with E-state index in [1.807, 2.05) is 0 Å². The molecule has 0 fully saturated rings. The van der Waals surface area contributed by atoms with Gasteiger partial charge in [-0.25, -0.2) is 17.5 Å². The topological polar surface area (TPSA) is 46.2 Å². The molecule has 1 N–H and O–H groups in total. The lowest BCUT2D eigenvalue weighted by Gasteiger charge is -2.05. The lowest BCUT2D eigenvalue weighted by molar-refractivity contribution is 0.573. The van der Waals surface area contributed by atoms with Crippen LogP contribution in [0.2, 0.25) is 0 Å². The predicted molar refractivity (Wildman–Crippen MR) is 57.3 cm³/mol. The van der Waals surface area contributed by atoms with Gasteiger partial charge >= 0.3 is 0 Å². The molecule has 0 saturated carbocycles. The minimum atomic E-state index is -3.26. The van der Waals surface area contributed by atoms with Crippen LogP contribution in [0.3, 0.4) is 0 Å². The van der Waals surface area contributed by atoms with Crippen molar-refractivity contribution < 1.29 is 12.8 Å². The molecule has 0 radical (unpaired) electrons. The molecule has 0 aliphatic heterocycles. The minimum Gasteiger partial charge on any atom is -0.212 e. The Morgan fingerprint density at radius 1 is 1.33 bits per heavy atom. The lowest BCUT2D eigenvalue weighted by Crippen LogP contribution is -2.26. The van der Waals surface area contributed by atoms with Gasteiger partial charge in [0.2, 0.25) is 10.0 Å². The van der Waals surface area contributed by atoms with Crippen molar-refractivity contribution in [2.24, 2.45) is 0 Å². The summed E-state index contributed by atoms with van der Waals surface area (Å²) in [5, 5.41) is 0. The highest BCUT2D eigenvalue weighted by Crippen LogP contribution is 2.06. The summed E-state index contributed by atoms with van der Waals surface area (Å²) in [6, 6.07) is 6.11. The van der Waals surface area contributed by atoms with Crippen molar-refractivity contribution in [3.8, 4) is 0 Å². The van der Waals surface area contributed by atoms with Crippen LogP contribution in [0.1, 0.15) is 18.9 Å². The highest BCUT2D eigenvalue weighted by molar-refractivity contribution is 7.89. The van der Waals surface area contributed by atoms with Crippen molar-refractivity contribution in [2.45, 2.75) is 19.9 Å². The molecule has 1 rings (SSSR count). The van der Waals surface area contributed by atoms with E-state index in [2.05, 4.69) is 4.72 Å². The summed E-state index contributed by atoms with van der Waals surface area (Å²) >= 11 is 0. The number of sulfonamides is 1. The molecule has 1 aromatic carbocycles. The Morgan fingerprint density at radius 2 is 2.00 bits per heavy atom. The Bertz CT molecular complexity index is 417. The molecule has 0 unspecified atom stereocenters. The number of rotatable bonds is 5. The zero-order valence-electron chi connectivity index (χ0n) is 8.53. The summed E-state index contributed by atoms with van der Waals surface area (Å²) in [6.45, 7) is 1.79. The minimum absolute atomic E-state index is 0.00894. The van der Waals surface area contributed by atoms with Crippen molar-refractivity contribution >= 4 is 10.0 Å². The van der Waals surface area contributed by atoms with Crippen molar-refractivity contribution in [1.29, 1.82) is 0 Å². The molecule has 5 heteroatoms. The highest BCUT2D eigenvalue weighted by Gasteiger charge is 2.09. The number of halogens is 1. The van der Waals surface area contributed by atoms with Gasteiger partial charge in [0.15, 0.2) is 0 Å². The molecule has 0 amide bonds. The smallest absolute Gasteiger partial charge is 0.211 e. The van der Waals surface area contributed by atoms with Gasteiger partial charge in [-0.15, -0.1) is 0 Å². The van der Waals surface area contributed by atoms with Crippen LogP contribution in [0, 0.1) is 5.82 Å². The summed E-state index contributed by atoms with van der Waals surface area (Å²) in [7, 11) is -3.26. The van der Waals surface area contributed by atoms with E-state index < -0.39 is 15.8 Å². The molecule has 0 aliphatic carbocycles. The van der Waals surface area contributed by atoms with E-state index in [0.717, 1.165) is 0 Å². The molecule has 0 aromatic heterocycles. The van der Waals surface area contributed by atoms with Crippen molar-refractivity contribution in [3.05, 3.63) is 35.6 Å². The van der Waals surface area contributed by atoms with Gasteiger partial charge in [0, 0.05) is 12.1 Å². The Hall–Kier alpha value is -0.940. The first-order valence-electron chi connectivity index (χ1n) is 4.76. The molecule has 15 heavy (non-hydrogen) atoms. The maximum atomic E-state index is 13.1. The fourth-order valence-corrected chi connectivity index (χ4v) is 2.23. The maximum absolute atomic E-state index is 13.1. The average Bonchev–Trinajstić information content (AvgIpc) is 2.16. The van der Waals surface area contributed by atoms with Crippen LogP contribution in [-0.2, 0) is 16.6 Å². The maximum Gasteiger partial charge on any atom is 0.211 e. The third-order valence-electron chi connectivity index (χ3n) is 1.91. The van der Waals surface area contributed by atoms with E-state index >= 15 is 0 Å². The van der Waals surface area contributed by atoms with Gasteiger partial charge in [0.25, 0.3) is 0 Å². The molecule has 0 bridgehead atoms. The quantitative estimate of drug-likeness (QED) is 0.837. The predicted octanol–water partition coefficient (Wildman–Crippen LogP) is 1.66. The fraction of sp³-hybridized carbons (Fsp3) is 0.400. The number of hydrogen-bond acceptors (Lipinski definition) is 2. The lowest BCUT2D eigenvalue weighted by atomic mass is 10.2. The first-order chi connectivity index (χ1) is 7.05. The molecule has 0 heterocycles. The van der Waals surface area contributed by atoms with Gasteiger partial charge in [0.1, 0.15) is 5.82 Å². The molecule has 0 spiro atoms. The second-order valence-electron chi connectivity index (χ2n) is 3.23. The van der Waals surface area contributed by atoms with E-state index in [0.29, 0.717) is 12.0 Å². The van der Waals surface area contributed by atoms with E-state index in [1.165, 1.54) is 6.07 Å². The van der Waals surface area contributed by atoms with Gasteiger partial charge in [-0.3, -0.25) is 0 Å². The van der Waals surface area contributed by atoms with Gasteiger partial charge < -0.3 is 0 Å². The molecule has 3 nitrogen and oxygen atoms in total. The largest absolute Gasteiger partial charge is 0.212 e. The molecule has 0 saturated heterocycles. The summed E-state index contributed by atoms with van der Waals surface area (Å²) < 4.78 is 38.0. The summed E-state index contributed by atoms with van der Waals surface area (Å²) in [6.07, 6.45) is 0.548. The Balaban J connectivity index is 2.62. The Kier molecular flexibility index (Phi) is 4.23. The van der Waals surface area contributed by atoms with Crippen LogP contribution in [-0.4, -0.2) is 14.2 Å². The Morgan fingerprint density at radius 3 is 2.60 bits per heavy atom. The van der Waals surface area contributed by atoms with Gasteiger partial charge in [-0.1, -0.05) is 25.1 Å². The number of nitrogens with one attached hydrogen (secondary N) is 1. The normalized spacial score (nSPS) is 11.6. The van der Waals surface area contributed by atoms with Gasteiger partial charge in [-0.2, -0.15) is 0 Å². The van der Waals surface area contributed by atoms with Crippen LogP contribution in [0.15, 0.2) is 24.3 Å². The van der Waals surface area contributed by atoms with Crippen LogP contribution in [0.4, 0.5) is 4.39 Å². The second kappa shape index (κ2) is 5.23. The van der Waals surface area contributed by atoms with E-state index in [9.17, 15) is 12.8 Å². The van der Waals surface area contributed by atoms with Gasteiger partial charge in [0.05, 0.1) is 5.75 Å². The number of hydrogen-bond donors (Lipinski definition) is 1. The second-order valence-corrected chi connectivity index (χ2v) is 5.16. The average molecular weight is 231 g/mol. The zero-order valence-corrected chi connectivity index (χ0v) is 9.35. The first-order valence-corrected chi connectivity index (χ1v) is 6.41. The molecule has 84 valence electrons. The monoisotopic (exact) mass is 231 g/mol. The van der Waals surface area contributed by atoms with E-state index in [-0.39, 0.29) is 12.3 Å². The third-order valence-corrected chi connectivity index (χ3v) is 3.44. The highest BCUT2D eigenvalue weighted by atomic mass is 32.2. The molecular weight excluding hydrogens is 217 g/mol. The standard InChI is InChI=1S/C10H14FNO2S/c1-2-7-15(13,14)12-8-9-5-3-4-6-10(9)11/h3-6,12H,2,7-8H2,1H3. The number of benzene rings is 1. The summed E-state index contributed by atoms with van der Waals surface area (Å²) in [5.74, 6) is -0.321. The van der Waals surface area contributed by atoms with Crippen LogP contribution in [0.25, 0.3) is 0 Å². The van der Waals surface area contributed by atoms with Crippen molar-refractivity contribution in [2.75, 3.05) is 5.75 Å². The zero-order chi connectivity index (χ0) is 11.3. The third kappa shape index (κ3) is 3.97. The molecular formula is C10H14FNO2S. The summed E-state index contributed by atoms with van der Waals surface area (Å²) in [5.41, 5.74) is 0.358. The van der Waals surface area contributed by atoms with E-state index in [1.54, 1.807) is 25.1 Å². The van der Waals surface area contributed by atoms with E-state index in [4.69, 9.17) is 0 Å².